The molecule has 1 aliphatic rings. The topological polar surface area (TPSA) is 69.2 Å². The van der Waals surface area contributed by atoms with Gasteiger partial charge in [-0.15, -0.1) is 0 Å². The van der Waals surface area contributed by atoms with Gasteiger partial charge in [-0.3, -0.25) is 0 Å². The maximum Gasteiger partial charge on any atom is 0.222 e. The molecule has 0 unspecified atom stereocenters. The lowest BCUT2D eigenvalue weighted by molar-refractivity contribution is 0.277. The number of ether oxygens (including phenoxy) is 1. The van der Waals surface area contributed by atoms with Gasteiger partial charge in [-0.2, -0.15) is 4.98 Å². The van der Waals surface area contributed by atoms with Crippen molar-refractivity contribution in [3.63, 3.8) is 0 Å². The summed E-state index contributed by atoms with van der Waals surface area (Å²) in [6.07, 6.45) is 6.02. The Balaban J connectivity index is 1.51. The largest absolute Gasteiger partial charge is 0.439 e. The van der Waals surface area contributed by atoms with Gasteiger partial charge in [0.05, 0.1) is 10.5 Å². The molecule has 0 N–H and O–H groups in total. The van der Waals surface area contributed by atoms with Crippen LogP contribution in [0.3, 0.4) is 0 Å². The number of aryl methyl sites for hydroxylation is 2. The molecule has 0 atom stereocenters. The predicted molar refractivity (Wildman–Crippen MR) is 121 cm³/mol. The highest BCUT2D eigenvalue weighted by molar-refractivity contribution is 7.92. The van der Waals surface area contributed by atoms with Crippen molar-refractivity contribution in [1.29, 1.82) is 0 Å². The summed E-state index contributed by atoms with van der Waals surface area (Å²) in [6.45, 7) is 7.35. The lowest BCUT2D eigenvalue weighted by Gasteiger charge is -2.30. The number of nitrogens with zero attached hydrogens (tertiary/aromatic N) is 2. The zero-order valence-electron chi connectivity index (χ0n) is 18.6. The summed E-state index contributed by atoms with van der Waals surface area (Å²) in [5, 5.41) is 0. The van der Waals surface area contributed by atoms with Crippen LogP contribution < -0.4 is 4.74 Å². The summed E-state index contributed by atoms with van der Waals surface area (Å²) >= 11 is 0. The highest BCUT2D eigenvalue weighted by Crippen LogP contribution is 2.34. The summed E-state index contributed by atoms with van der Waals surface area (Å²) in [4.78, 5) is 9.17. The van der Waals surface area contributed by atoms with Gasteiger partial charge in [-0.05, 0) is 70.9 Å². The van der Waals surface area contributed by atoms with Gasteiger partial charge in [0.1, 0.15) is 11.6 Å². The molecule has 0 bridgehead atoms. The van der Waals surface area contributed by atoms with Gasteiger partial charge in [0.25, 0.3) is 0 Å². The fourth-order valence-corrected chi connectivity index (χ4v) is 5.41. The number of sulfone groups is 1. The first-order valence-corrected chi connectivity index (χ1v) is 12.6. The highest BCUT2D eigenvalue weighted by atomic mass is 32.2. The van der Waals surface area contributed by atoms with Gasteiger partial charge in [-0.1, -0.05) is 31.0 Å². The van der Waals surface area contributed by atoms with Crippen LogP contribution >= 0.6 is 0 Å². The van der Waals surface area contributed by atoms with E-state index in [0.717, 1.165) is 55.8 Å². The Bertz CT molecular complexity index is 929. The molecule has 2 aromatic rings. The van der Waals surface area contributed by atoms with Gasteiger partial charge in [0.2, 0.25) is 5.88 Å². The molecule has 5 nitrogen and oxygen atoms in total. The molecule has 1 aromatic carbocycles. The molecule has 164 valence electrons. The maximum absolute atomic E-state index is 12.5. The first kappa shape index (κ1) is 22.7. The van der Waals surface area contributed by atoms with Crippen LogP contribution in [0.4, 0.5) is 0 Å². The van der Waals surface area contributed by atoms with E-state index >= 15 is 0 Å². The Labute approximate surface area is 181 Å². The summed E-state index contributed by atoms with van der Waals surface area (Å²) < 4.78 is 30.2. The number of rotatable bonds is 7. The van der Waals surface area contributed by atoms with Crippen LogP contribution in [0.5, 0.6) is 11.6 Å². The monoisotopic (exact) mass is 430 g/mol. The molecule has 30 heavy (non-hydrogen) atoms. The van der Waals surface area contributed by atoms with Crippen molar-refractivity contribution < 1.29 is 13.2 Å². The van der Waals surface area contributed by atoms with E-state index < -0.39 is 14.6 Å². The van der Waals surface area contributed by atoms with Crippen molar-refractivity contribution in [2.45, 2.75) is 71.0 Å². The van der Waals surface area contributed by atoms with E-state index in [1.165, 1.54) is 0 Å². The van der Waals surface area contributed by atoms with Gasteiger partial charge in [-0.25, -0.2) is 13.4 Å². The van der Waals surface area contributed by atoms with Gasteiger partial charge in [0, 0.05) is 18.2 Å². The van der Waals surface area contributed by atoms with Crippen LogP contribution in [-0.4, -0.2) is 28.9 Å². The summed E-state index contributed by atoms with van der Waals surface area (Å²) in [5.74, 6) is 3.40. The van der Waals surface area contributed by atoms with Crippen molar-refractivity contribution in [2.75, 3.05) is 5.75 Å². The lowest BCUT2D eigenvalue weighted by Crippen LogP contribution is -2.34. The summed E-state index contributed by atoms with van der Waals surface area (Å²) in [6, 6.07) is 11.5. The van der Waals surface area contributed by atoms with Gasteiger partial charge < -0.3 is 4.74 Å². The number of hydrogen-bond donors (Lipinski definition) is 0. The SMILES string of the molecule is Cc1cc(Oc2ccccc2)nc(CCC2CCC(CS(=O)(=O)C(C)(C)C)CC2)n1. The van der Waals surface area contributed by atoms with E-state index in [1.807, 2.05) is 43.3 Å². The molecule has 1 saturated carbocycles. The zero-order valence-corrected chi connectivity index (χ0v) is 19.4. The first-order valence-electron chi connectivity index (χ1n) is 10.9. The predicted octanol–water partition coefficient (Wildman–Crippen LogP) is 5.53. The second kappa shape index (κ2) is 9.46. The number of hydrogen-bond acceptors (Lipinski definition) is 5. The zero-order chi connectivity index (χ0) is 21.8. The highest BCUT2D eigenvalue weighted by Gasteiger charge is 2.33. The van der Waals surface area contributed by atoms with Crippen LogP contribution in [0.2, 0.25) is 0 Å². The van der Waals surface area contributed by atoms with Crippen LogP contribution in [0.15, 0.2) is 36.4 Å². The van der Waals surface area contributed by atoms with E-state index in [-0.39, 0.29) is 0 Å². The third-order valence-electron chi connectivity index (χ3n) is 5.97. The average molecular weight is 431 g/mol. The molecular weight excluding hydrogens is 396 g/mol. The second-order valence-corrected chi connectivity index (χ2v) is 12.3. The molecule has 3 rings (SSSR count). The van der Waals surface area contributed by atoms with Crippen molar-refractivity contribution >= 4 is 9.84 Å². The average Bonchev–Trinajstić information content (AvgIpc) is 2.67. The van der Waals surface area contributed by atoms with Crippen molar-refractivity contribution in [3.8, 4) is 11.6 Å². The second-order valence-electron chi connectivity index (χ2n) is 9.50. The number of aromatic nitrogens is 2. The number of para-hydroxylation sites is 1. The minimum absolute atomic E-state index is 0.298. The summed E-state index contributed by atoms with van der Waals surface area (Å²) in [7, 11) is -3.04. The molecule has 0 aliphatic heterocycles. The molecule has 0 radical (unpaired) electrons. The van der Waals surface area contributed by atoms with Gasteiger partial charge >= 0.3 is 0 Å². The molecule has 6 heteroatoms. The Kier molecular flexibility index (Phi) is 7.17. The lowest BCUT2D eigenvalue weighted by atomic mass is 9.81. The molecule has 0 spiro atoms. The third kappa shape index (κ3) is 6.27. The van der Waals surface area contributed by atoms with Crippen molar-refractivity contribution in [1.82, 2.24) is 9.97 Å². The van der Waals surface area contributed by atoms with Crippen LogP contribution in [-0.2, 0) is 16.3 Å². The van der Waals surface area contributed by atoms with E-state index in [2.05, 4.69) is 9.97 Å². The fourth-order valence-electron chi connectivity index (χ4n) is 3.95. The molecule has 0 saturated heterocycles. The fraction of sp³-hybridized carbons (Fsp3) is 0.583. The maximum atomic E-state index is 12.5. The normalized spacial score (nSPS) is 20.1. The first-order chi connectivity index (χ1) is 14.1. The smallest absolute Gasteiger partial charge is 0.222 e. The molecule has 0 amide bonds. The number of benzene rings is 1. The Hall–Kier alpha value is -1.95. The Morgan fingerprint density at radius 1 is 1.00 bits per heavy atom. The van der Waals surface area contributed by atoms with E-state index in [9.17, 15) is 8.42 Å². The summed E-state index contributed by atoms with van der Waals surface area (Å²) in [5.41, 5.74) is 0.905. The Morgan fingerprint density at radius 2 is 1.63 bits per heavy atom. The third-order valence-corrected chi connectivity index (χ3v) is 8.75. The van der Waals surface area contributed by atoms with Crippen molar-refractivity contribution in [2.24, 2.45) is 11.8 Å². The van der Waals surface area contributed by atoms with Crippen LogP contribution in [0.1, 0.15) is 64.4 Å². The van der Waals surface area contributed by atoms with E-state index in [4.69, 9.17) is 4.74 Å². The van der Waals surface area contributed by atoms with Crippen LogP contribution in [0.25, 0.3) is 0 Å². The van der Waals surface area contributed by atoms with Crippen LogP contribution in [0, 0.1) is 18.8 Å². The van der Waals surface area contributed by atoms with E-state index in [0.29, 0.717) is 23.5 Å². The quantitative estimate of drug-likeness (QED) is 0.578. The standard InChI is InChI=1S/C24H34N2O3S/c1-18-16-23(29-21-8-6-5-7-9-21)26-22(25-18)15-14-19-10-12-20(13-11-19)17-30(27,28)24(2,3)4/h5-9,16,19-20H,10-15,17H2,1-4H3. The van der Waals surface area contributed by atoms with E-state index in [1.54, 1.807) is 20.8 Å². The van der Waals surface area contributed by atoms with Crippen molar-refractivity contribution in [3.05, 3.63) is 47.9 Å². The minimum Gasteiger partial charge on any atom is -0.439 e. The molecule has 1 heterocycles. The Morgan fingerprint density at radius 3 is 2.27 bits per heavy atom. The molecular formula is C24H34N2O3S. The van der Waals surface area contributed by atoms with Gasteiger partial charge in [0.15, 0.2) is 9.84 Å². The molecule has 1 aliphatic carbocycles. The molecule has 1 aromatic heterocycles. The minimum atomic E-state index is -3.04. The molecule has 1 fully saturated rings.